The van der Waals surface area contributed by atoms with Crippen molar-refractivity contribution in [3.05, 3.63) is 70.4 Å². The van der Waals surface area contributed by atoms with Gasteiger partial charge in [-0.1, -0.05) is 23.2 Å². The lowest BCUT2D eigenvalue weighted by atomic mass is 10.2. The molecule has 0 spiro atoms. The van der Waals surface area contributed by atoms with Crippen molar-refractivity contribution in [3.63, 3.8) is 0 Å². The van der Waals surface area contributed by atoms with Crippen LogP contribution in [0.4, 0.5) is 5.69 Å². The number of hydrogen-bond donors (Lipinski definition) is 1. The van der Waals surface area contributed by atoms with Gasteiger partial charge in [0.15, 0.2) is 0 Å². The van der Waals surface area contributed by atoms with Crippen molar-refractivity contribution in [1.29, 1.82) is 0 Å². The minimum atomic E-state index is -3.70. The Labute approximate surface area is 195 Å². The molecule has 0 saturated heterocycles. The van der Waals surface area contributed by atoms with Crippen LogP contribution >= 0.6 is 23.2 Å². The van der Waals surface area contributed by atoms with Crippen LogP contribution in [0.2, 0.25) is 10.0 Å². The van der Waals surface area contributed by atoms with Crippen LogP contribution in [-0.4, -0.2) is 40.4 Å². The number of anilines is 1. The molecule has 0 aliphatic heterocycles. The smallest absolute Gasteiger partial charge is 0.260 e. The summed E-state index contributed by atoms with van der Waals surface area (Å²) >= 11 is 12.1. The van der Waals surface area contributed by atoms with E-state index in [0.717, 1.165) is 10.6 Å². The van der Waals surface area contributed by atoms with E-state index in [-0.39, 0.29) is 0 Å². The van der Waals surface area contributed by atoms with Crippen LogP contribution < -0.4 is 14.5 Å². The molecule has 1 N–H and O–H groups in total. The number of ether oxygens (including phenoxy) is 1. The summed E-state index contributed by atoms with van der Waals surface area (Å²) in [5.74, 6) is 0.799. The Morgan fingerprint density at radius 1 is 1.16 bits per heavy atom. The summed E-state index contributed by atoms with van der Waals surface area (Å²) in [5.41, 5.74) is 3.27. The molecule has 0 aliphatic rings. The lowest BCUT2D eigenvalue weighted by molar-refractivity contribution is -0.119. The summed E-state index contributed by atoms with van der Waals surface area (Å²) in [7, 11) is -2.20. The summed E-state index contributed by atoms with van der Waals surface area (Å²) in [5, 5.41) is 4.77. The molecule has 0 radical (unpaired) electrons. The Kier molecular flexibility index (Phi) is 7.44. The normalized spacial score (nSPS) is 11.5. The van der Waals surface area contributed by atoms with E-state index in [0.29, 0.717) is 38.6 Å². The molecular formula is C21H19Cl2N3O5S. The fourth-order valence-electron chi connectivity index (χ4n) is 2.74. The Hall–Kier alpha value is -3.01. The minimum absolute atomic E-state index is 0.322. The highest BCUT2D eigenvalue weighted by molar-refractivity contribution is 7.92. The van der Waals surface area contributed by atoms with Gasteiger partial charge in [0.25, 0.3) is 5.91 Å². The van der Waals surface area contributed by atoms with Gasteiger partial charge in [-0.25, -0.2) is 13.8 Å². The molecule has 0 aliphatic carbocycles. The van der Waals surface area contributed by atoms with E-state index >= 15 is 0 Å². The predicted octanol–water partition coefficient (Wildman–Crippen LogP) is 4.18. The number of rotatable bonds is 8. The summed E-state index contributed by atoms with van der Waals surface area (Å²) in [6, 6.07) is 14.7. The maximum atomic E-state index is 12.3. The quantitative estimate of drug-likeness (QED) is 0.373. The summed E-state index contributed by atoms with van der Waals surface area (Å²) in [6.07, 6.45) is 2.31. The molecule has 168 valence electrons. The van der Waals surface area contributed by atoms with Crippen molar-refractivity contribution in [2.45, 2.75) is 0 Å². The first-order valence-corrected chi connectivity index (χ1v) is 11.8. The molecule has 1 heterocycles. The molecule has 0 atom stereocenters. The second kappa shape index (κ2) is 10.1. The lowest BCUT2D eigenvalue weighted by Gasteiger charge is -2.21. The van der Waals surface area contributed by atoms with Gasteiger partial charge in [0.05, 0.1) is 30.3 Å². The Morgan fingerprint density at radius 3 is 2.50 bits per heavy atom. The number of furan rings is 1. The monoisotopic (exact) mass is 495 g/mol. The number of amides is 1. The van der Waals surface area contributed by atoms with Gasteiger partial charge >= 0.3 is 0 Å². The summed E-state index contributed by atoms with van der Waals surface area (Å²) < 4.78 is 36.0. The zero-order valence-electron chi connectivity index (χ0n) is 17.1. The Bertz CT molecular complexity index is 1240. The maximum Gasteiger partial charge on any atom is 0.260 e. The van der Waals surface area contributed by atoms with Crippen LogP contribution in [0.3, 0.4) is 0 Å². The van der Waals surface area contributed by atoms with E-state index in [1.165, 1.54) is 13.3 Å². The number of methoxy groups -OCH3 is 1. The van der Waals surface area contributed by atoms with E-state index in [4.69, 9.17) is 32.4 Å². The fourth-order valence-corrected chi connectivity index (χ4v) is 4.10. The zero-order valence-corrected chi connectivity index (χ0v) is 19.4. The first kappa shape index (κ1) is 23.6. The molecule has 1 aromatic heterocycles. The van der Waals surface area contributed by atoms with Crippen LogP contribution in [0, 0.1) is 0 Å². The summed E-state index contributed by atoms with van der Waals surface area (Å²) in [4.78, 5) is 12.3. The highest BCUT2D eigenvalue weighted by atomic mass is 35.5. The number of hydrazone groups is 1. The molecule has 0 fully saturated rings. The van der Waals surface area contributed by atoms with E-state index in [9.17, 15) is 13.2 Å². The fraction of sp³-hybridized carbons (Fsp3) is 0.143. The summed E-state index contributed by atoms with van der Waals surface area (Å²) in [6.45, 7) is -0.452. The van der Waals surface area contributed by atoms with Crippen molar-refractivity contribution < 1.29 is 22.4 Å². The zero-order chi connectivity index (χ0) is 23.3. The number of carbonyl (C=O) groups is 1. The number of nitrogens with one attached hydrogen (secondary N) is 1. The number of halogens is 2. The largest absolute Gasteiger partial charge is 0.497 e. The van der Waals surface area contributed by atoms with Crippen LogP contribution in [0.1, 0.15) is 5.76 Å². The van der Waals surface area contributed by atoms with Gasteiger partial charge in [-0.3, -0.25) is 9.10 Å². The highest BCUT2D eigenvalue weighted by Crippen LogP contribution is 2.31. The van der Waals surface area contributed by atoms with Gasteiger partial charge in [0.1, 0.15) is 23.8 Å². The van der Waals surface area contributed by atoms with Crippen molar-refractivity contribution in [1.82, 2.24) is 5.43 Å². The van der Waals surface area contributed by atoms with Crippen LogP contribution in [0.5, 0.6) is 5.75 Å². The SMILES string of the molecule is COc1ccc(N(CC(=O)N/N=C\c2ccc(-c3ccc(Cl)cc3Cl)o2)S(C)(=O)=O)cc1. The minimum Gasteiger partial charge on any atom is -0.497 e. The molecule has 0 unspecified atom stereocenters. The molecule has 0 bridgehead atoms. The van der Waals surface area contributed by atoms with Gasteiger partial charge in [-0.05, 0) is 54.6 Å². The average molecular weight is 496 g/mol. The topological polar surface area (TPSA) is 101 Å². The Balaban J connectivity index is 1.66. The van der Waals surface area contributed by atoms with Crippen molar-refractivity contribution in [2.24, 2.45) is 5.10 Å². The molecule has 3 aromatic rings. The molecule has 8 nitrogen and oxygen atoms in total. The highest BCUT2D eigenvalue weighted by Gasteiger charge is 2.20. The predicted molar refractivity (Wildman–Crippen MR) is 125 cm³/mol. The first-order chi connectivity index (χ1) is 15.2. The number of benzene rings is 2. The molecule has 11 heteroatoms. The number of nitrogens with zero attached hydrogens (tertiary/aromatic N) is 2. The van der Waals surface area contributed by atoms with Crippen molar-refractivity contribution >= 4 is 51.0 Å². The third-order valence-corrected chi connectivity index (χ3v) is 5.94. The Morgan fingerprint density at radius 2 is 1.88 bits per heavy atom. The van der Waals surface area contributed by atoms with Crippen LogP contribution in [0.25, 0.3) is 11.3 Å². The van der Waals surface area contributed by atoms with Crippen molar-refractivity contribution in [2.75, 3.05) is 24.2 Å². The maximum absolute atomic E-state index is 12.3. The molecule has 1 amide bonds. The standard InChI is InChI=1S/C21H19Cl2N3O5S/c1-30-16-6-4-15(5-7-16)26(32(2,28)29)13-21(27)25-24-12-17-8-10-20(31-17)18-9-3-14(22)11-19(18)23/h3-12H,13H2,1-2H3,(H,25,27)/b24-12-. The van der Waals surface area contributed by atoms with Gasteiger partial charge in [-0.2, -0.15) is 5.10 Å². The molecule has 0 saturated carbocycles. The lowest BCUT2D eigenvalue weighted by Crippen LogP contribution is -2.38. The van der Waals surface area contributed by atoms with Gasteiger partial charge in [0, 0.05) is 10.6 Å². The molecule has 3 rings (SSSR count). The van der Waals surface area contributed by atoms with Gasteiger partial charge < -0.3 is 9.15 Å². The average Bonchev–Trinajstić information content (AvgIpc) is 3.20. The third kappa shape index (κ3) is 6.03. The third-order valence-electron chi connectivity index (χ3n) is 4.25. The molecular weight excluding hydrogens is 477 g/mol. The first-order valence-electron chi connectivity index (χ1n) is 9.16. The number of sulfonamides is 1. The van der Waals surface area contributed by atoms with Crippen molar-refractivity contribution in [3.8, 4) is 17.1 Å². The van der Waals surface area contributed by atoms with E-state index in [1.54, 1.807) is 54.6 Å². The van der Waals surface area contributed by atoms with Gasteiger partial charge in [-0.15, -0.1) is 0 Å². The number of carbonyl (C=O) groups excluding carboxylic acids is 1. The van der Waals surface area contributed by atoms with E-state index < -0.39 is 22.5 Å². The van der Waals surface area contributed by atoms with Gasteiger partial charge in [0.2, 0.25) is 10.0 Å². The number of hydrogen-bond acceptors (Lipinski definition) is 6. The second-order valence-electron chi connectivity index (χ2n) is 6.59. The van der Waals surface area contributed by atoms with Crippen LogP contribution in [0.15, 0.2) is 64.1 Å². The van der Waals surface area contributed by atoms with E-state index in [1.807, 2.05) is 0 Å². The molecule has 32 heavy (non-hydrogen) atoms. The van der Waals surface area contributed by atoms with E-state index in [2.05, 4.69) is 10.5 Å². The van der Waals surface area contributed by atoms with Crippen LogP contribution in [-0.2, 0) is 14.8 Å². The molecule has 2 aromatic carbocycles. The second-order valence-corrected chi connectivity index (χ2v) is 9.34.